The van der Waals surface area contributed by atoms with Crippen molar-refractivity contribution in [2.75, 3.05) is 0 Å². The molecule has 20 heavy (non-hydrogen) atoms. The second-order valence-electron chi connectivity index (χ2n) is 7.54. The van der Waals surface area contributed by atoms with E-state index in [-0.39, 0.29) is 11.0 Å². The highest BCUT2D eigenvalue weighted by Crippen LogP contribution is 2.52. The Hall–Kier alpha value is -0.730. The molecule has 2 nitrogen and oxygen atoms in total. The van der Waals surface area contributed by atoms with E-state index in [9.17, 15) is 5.11 Å². The van der Waals surface area contributed by atoms with Gasteiger partial charge < -0.3 is 9.84 Å². The second kappa shape index (κ2) is 4.64. The number of benzene rings is 1. The lowest BCUT2D eigenvalue weighted by molar-refractivity contribution is -0.0822. The van der Waals surface area contributed by atoms with Crippen LogP contribution in [0.3, 0.4) is 0 Å². The maximum atomic E-state index is 10.5. The van der Waals surface area contributed by atoms with E-state index in [2.05, 4.69) is 20.8 Å². The number of aliphatic hydroxyl groups excluding tert-OH is 1. The zero-order valence-corrected chi connectivity index (χ0v) is 13.2. The molecule has 3 heteroatoms. The van der Waals surface area contributed by atoms with Gasteiger partial charge in [0.25, 0.3) is 0 Å². The molecule has 1 aliphatic heterocycles. The Bertz CT molecular complexity index is 526. The minimum atomic E-state index is -0.474. The fourth-order valence-corrected chi connectivity index (χ4v) is 4.69. The van der Waals surface area contributed by atoms with Crippen LogP contribution in [0.25, 0.3) is 0 Å². The van der Waals surface area contributed by atoms with E-state index in [0.717, 1.165) is 24.2 Å². The molecule has 0 amide bonds. The smallest absolute Gasteiger partial charge is 0.126 e. The first-order valence-corrected chi connectivity index (χ1v) is 7.83. The molecular formula is C17H23ClO2. The summed E-state index contributed by atoms with van der Waals surface area (Å²) in [5.74, 6) is 1.43. The molecule has 0 saturated heterocycles. The maximum Gasteiger partial charge on any atom is 0.126 e. The average molecular weight is 295 g/mol. The molecule has 1 fully saturated rings. The van der Waals surface area contributed by atoms with Crippen molar-refractivity contribution in [3.63, 3.8) is 0 Å². The predicted molar refractivity (Wildman–Crippen MR) is 81.2 cm³/mol. The highest BCUT2D eigenvalue weighted by Gasteiger charge is 2.48. The molecule has 0 aromatic heterocycles. The summed E-state index contributed by atoms with van der Waals surface area (Å²) in [5, 5.41) is 11.2. The van der Waals surface area contributed by atoms with Crippen molar-refractivity contribution in [2.24, 2.45) is 11.3 Å². The Kier molecular flexibility index (Phi) is 3.30. The molecule has 1 aliphatic carbocycles. The van der Waals surface area contributed by atoms with E-state index in [1.807, 2.05) is 18.2 Å². The van der Waals surface area contributed by atoms with E-state index in [1.165, 1.54) is 6.42 Å². The van der Waals surface area contributed by atoms with Crippen LogP contribution in [-0.2, 0) is 0 Å². The predicted octanol–water partition coefficient (Wildman–Crippen LogP) is 4.74. The summed E-state index contributed by atoms with van der Waals surface area (Å²) < 4.78 is 6.37. The van der Waals surface area contributed by atoms with Crippen molar-refractivity contribution in [2.45, 2.75) is 58.2 Å². The van der Waals surface area contributed by atoms with Gasteiger partial charge >= 0.3 is 0 Å². The lowest BCUT2D eigenvalue weighted by Gasteiger charge is -2.50. The zero-order valence-electron chi connectivity index (χ0n) is 12.4. The van der Waals surface area contributed by atoms with Gasteiger partial charge in [0.15, 0.2) is 0 Å². The number of ether oxygens (including phenoxy) is 1. The lowest BCUT2D eigenvalue weighted by Crippen LogP contribution is -2.49. The third-order valence-electron chi connectivity index (χ3n) is 4.64. The van der Waals surface area contributed by atoms with Crippen LogP contribution in [0.4, 0.5) is 0 Å². The van der Waals surface area contributed by atoms with Crippen molar-refractivity contribution in [3.8, 4) is 5.75 Å². The first-order chi connectivity index (χ1) is 9.29. The minimum Gasteiger partial charge on any atom is -0.487 e. The molecule has 2 aliphatic rings. The Labute approximate surface area is 126 Å². The Morgan fingerprint density at radius 2 is 2.00 bits per heavy atom. The average Bonchev–Trinajstić information content (AvgIpc) is 2.27. The summed E-state index contributed by atoms with van der Waals surface area (Å²) in [6, 6.07) is 5.56. The van der Waals surface area contributed by atoms with Gasteiger partial charge in [-0.2, -0.15) is 0 Å². The molecule has 0 bridgehead atoms. The molecule has 1 saturated carbocycles. The van der Waals surface area contributed by atoms with Gasteiger partial charge in [0, 0.05) is 17.0 Å². The Morgan fingerprint density at radius 3 is 2.70 bits per heavy atom. The van der Waals surface area contributed by atoms with Crippen LogP contribution in [0.15, 0.2) is 18.2 Å². The van der Waals surface area contributed by atoms with E-state index in [0.29, 0.717) is 17.4 Å². The van der Waals surface area contributed by atoms with E-state index in [1.54, 1.807) is 0 Å². The number of aliphatic hydroxyl groups is 1. The van der Waals surface area contributed by atoms with Crippen LogP contribution in [0.5, 0.6) is 5.75 Å². The summed E-state index contributed by atoms with van der Waals surface area (Å²) in [5.41, 5.74) is 0.877. The number of hydrogen-bond acceptors (Lipinski definition) is 2. The van der Waals surface area contributed by atoms with Gasteiger partial charge in [0.1, 0.15) is 11.4 Å². The largest absolute Gasteiger partial charge is 0.487 e. The maximum absolute atomic E-state index is 10.5. The SMILES string of the molecule is CC1CC(C)(C)CC2(C1)C[C@@H](O)c1cc(Cl)ccc1O2. The van der Waals surface area contributed by atoms with Crippen molar-refractivity contribution in [1.29, 1.82) is 0 Å². The first-order valence-electron chi connectivity index (χ1n) is 7.45. The summed E-state index contributed by atoms with van der Waals surface area (Å²) >= 11 is 6.02. The number of fused-ring (bicyclic) bond motifs is 1. The van der Waals surface area contributed by atoms with Gasteiger partial charge in [0.05, 0.1) is 6.10 Å². The van der Waals surface area contributed by atoms with Crippen LogP contribution in [0.2, 0.25) is 5.02 Å². The van der Waals surface area contributed by atoms with Crippen molar-refractivity contribution in [1.82, 2.24) is 0 Å². The summed E-state index contributed by atoms with van der Waals surface area (Å²) in [4.78, 5) is 0. The molecule has 3 atom stereocenters. The first kappa shape index (κ1) is 14.2. The van der Waals surface area contributed by atoms with Gasteiger partial charge in [-0.15, -0.1) is 0 Å². The van der Waals surface area contributed by atoms with E-state index < -0.39 is 6.10 Å². The van der Waals surface area contributed by atoms with Gasteiger partial charge in [0.2, 0.25) is 0 Å². The highest BCUT2D eigenvalue weighted by molar-refractivity contribution is 6.30. The highest BCUT2D eigenvalue weighted by atomic mass is 35.5. The third kappa shape index (κ3) is 2.56. The van der Waals surface area contributed by atoms with Crippen molar-refractivity contribution in [3.05, 3.63) is 28.8 Å². The molecule has 1 heterocycles. The molecule has 3 rings (SSSR count). The minimum absolute atomic E-state index is 0.221. The standard InChI is InChI=1S/C17H23ClO2/c1-11-7-16(2,3)10-17(8-11)9-14(19)13-6-12(18)4-5-15(13)20-17/h4-6,11,14,19H,7-10H2,1-3H3/t11?,14-,17?/m1/s1. The quantitative estimate of drug-likeness (QED) is 0.749. The van der Waals surface area contributed by atoms with Crippen molar-refractivity contribution >= 4 is 11.6 Å². The van der Waals surface area contributed by atoms with Crippen LogP contribution in [-0.4, -0.2) is 10.7 Å². The second-order valence-corrected chi connectivity index (χ2v) is 7.98. The molecule has 1 aromatic rings. The molecule has 1 N–H and O–H groups in total. The fraction of sp³-hybridized carbons (Fsp3) is 0.647. The molecule has 2 unspecified atom stereocenters. The topological polar surface area (TPSA) is 29.5 Å². The van der Waals surface area contributed by atoms with Crippen LogP contribution in [0.1, 0.15) is 58.1 Å². The Morgan fingerprint density at radius 1 is 1.25 bits per heavy atom. The van der Waals surface area contributed by atoms with Gasteiger partial charge in [-0.05, 0) is 48.8 Å². The van der Waals surface area contributed by atoms with Gasteiger partial charge in [-0.3, -0.25) is 0 Å². The zero-order chi connectivity index (χ0) is 14.5. The normalized spacial score (nSPS) is 35.5. The molecule has 1 aromatic carbocycles. The monoisotopic (exact) mass is 294 g/mol. The molecule has 0 radical (unpaired) electrons. The fourth-order valence-electron chi connectivity index (χ4n) is 4.51. The van der Waals surface area contributed by atoms with Crippen LogP contribution in [0, 0.1) is 11.3 Å². The third-order valence-corrected chi connectivity index (χ3v) is 4.88. The summed E-state index contributed by atoms with van der Waals surface area (Å²) in [6.45, 7) is 6.89. The lowest BCUT2D eigenvalue weighted by atomic mass is 9.63. The number of hydrogen-bond donors (Lipinski definition) is 1. The van der Waals surface area contributed by atoms with E-state index in [4.69, 9.17) is 16.3 Å². The van der Waals surface area contributed by atoms with Gasteiger partial charge in [-0.25, -0.2) is 0 Å². The van der Waals surface area contributed by atoms with Crippen LogP contribution < -0.4 is 4.74 Å². The van der Waals surface area contributed by atoms with Gasteiger partial charge in [-0.1, -0.05) is 32.4 Å². The number of rotatable bonds is 0. The molecular weight excluding hydrogens is 272 g/mol. The number of halogens is 1. The summed E-state index contributed by atoms with van der Waals surface area (Å²) in [6.07, 6.45) is 3.45. The molecule has 1 spiro atoms. The van der Waals surface area contributed by atoms with Crippen LogP contribution >= 0.6 is 11.6 Å². The molecule has 110 valence electrons. The van der Waals surface area contributed by atoms with E-state index >= 15 is 0 Å². The summed E-state index contributed by atoms with van der Waals surface area (Å²) in [7, 11) is 0. The Balaban J connectivity index is 1.96. The van der Waals surface area contributed by atoms with Crippen molar-refractivity contribution < 1.29 is 9.84 Å².